The lowest BCUT2D eigenvalue weighted by Crippen LogP contribution is -2.41. The Kier molecular flexibility index (Phi) is 6.12. The third kappa shape index (κ3) is 4.40. The Morgan fingerprint density at radius 2 is 1.62 bits per heavy atom. The summed E-state index contributed by atoms with van der Waals surface area (Å²) >= 11 is 0. The van der Waals surface area contributed by atoms with E-state index in [1.165, 1.54) is 12.8 Å². The molecule has 2 nitrogen and oxygen atoms in total. The molecule has 1 atom stereocenters. The van der Waals surface area contributed by atoms with Crippen LogP contribution in [-0.2, 0) is 8.85 Å². The van der Waals surface area contributed by atoms with Crippen molar-refractivity contribution in [1.29, 1.82) is 0 Å². The summed E-state index contributed by atoms with van der Waals surface area (Å²) in [4.78, 5) is 0. The molecule has 0 aliphatic heterocycles. The van der Waals surface area contributed by atoms with E-state index >= 15 is 0 Å². The molecule has 0 aromatic heterocycles. The van der Waals surface area contributed by atoms with Crippen molar-refractivity contribution in [2.45, 2.75) is 44.6 Å². The molecular weight excluding hydrogens is 196 g/mol. The van der Waals surface area contributed by atoms with Crippen LogP contribution in [0.5, 0.6) is 0 Å². The van der Waals surface area contributed by atoms with Crippen LogP contribution in [0.25, 0.3) is 0 Å². The highest BCUT2D eigenvalue weighted by molar-refractivity contribution is 6.86. The van der Waals surface area contributed by atoms with Gasteiger partial charge in [0.05, 0.1) is 0 Å². The average Bonchev–Trinajstić information content (AvgIpc) is 2.03. The molecular formula is C9H24O2Si2. The Hall–Kier alpha value is 0.354. The van der Waals surface area contributed by atoms with Crippen molar-refractivity contribution in [3.05, 3.63) is 0 Å². The molecule has 1 unspecified atom stereocenters. The van der Waals surface area contributed by atoms with Crippen LogP contribution in [0.3, 0.4) is 0 Å². The Bertz CT molecular complexity index is 130. The average molecular weight is 220 g/mol. The van der Waals surface area contributed by atoms with E-state index in [-0.39, 0.29) is 0 Å². The van der Waals surface area contributed by atoms with Crippen LogP contribution in [-0.4, -0.2) is 31.6 Å². The third-order valence-corrected chi connectivity index (χ3v) is 10.8. The lowest BCUT2D eigenvalue weighted by Gasteiger charge is -2.32. The van der Waals surface area contributed by atoms with Crippen LogP contribution in [0.2, 0.25) is 24.8 Å². The maximum absolute atomic E-state index is 5.49. The van der Waals surface area contributed by atoms with Gasteiger partial charge in [0, 0.05) is 22.3 Å². The molecule has 0 aliphatic rings. The molecule has 0 aliphatic carbocycles. The van der Waals surface area contributed by atoms with E-state index in [1.54, 1.807) is 14.2 Å². The van der Waals surface area contributed by atoms with Crippen molar-refractivity contribution < 1.29 is 8.85 Å². The highest BCUT2D eigenvalue weighted by Gasteiger charge is 2.35. The lowest BCUT2D eigenvalue weighted by atomic mass is 10.4. The van der Waals surface area contributed by atoms with E-state index in [0.29, 0.717) is 0 Å². The minimum Gasteiger partial charge on any atom is -0.400 e. The summed E-state index contributed by atoms with van der Waals surface area (Å²) in [5.74, 6) is 0. The van der Waals surface area contributed by atoms with E-state index in [0.717, 1.165) is 5.16 Å². The van der Waals surface area contributed by atoms with Crippen LogP contribution < -0.4 is 0 Å². The normalized spacial score (nSPS) is 15.0. The zero-order valence-corrected chi connectivity index (χ0v) is 12.0. The quantitative estimate of drug-likeness (QED) is 0.641. The standard InChI is InChI=1S/C9H24O2Si2/c1-7-8-9(13(4,5)6)12(10-2)11-3/h9,12H,7-8H2,1-6H3. The first-order valence-corrected chi connectivity index (χ1v) is 10.2. The van der Waals surface area contributed by atoms with Gasteiger partial charge in [0.2, 0.25) is 0 Å². The zero-order valence-electron chi connectivity index (χ0n) is 9.89. The van der Waals surface area contributed by atoms with Crippen LogP contribution in [0, 0.1) is 0 Å². The predicted octanol–water partition coefficient (Wildman–Crippen LogP) is 2.55. The topological polar surface area (TPSA) is 18.5 Å². The molecule has 13 heavy (non-hydrogen) atoms. The summed E-state index contributed by atoms with van der Waals surface area (Å²) in [6, 6.07) is 0. The number of rotatable bonds is 6. The van der Waals surface area contributed by atoms with Crippen molar-refractivity contribution in [3.63, 3.8) is 0 Å². The molecule has 0 aromatic carbocycles. The van der Waals surface area contributed by atoms with E-state index in [9.17, 15) is 0 Å². The van der Waals surface area contributed by atoms with Crippen molar-refractivity contribution in [3.8, 4) is 0 Å². The fraction of sp³-hybridized carbons (Fsp3) is 1.00. The molecule has 0 bridgehead atoms. The predicted molar refractivity (Wildman–Crippen MR) is 63.2 cm³/mol. The zero-order chi connectivity index (χ0) is 10.5. The summed E-state index contributed by atoms with van der Waals surface area (Å²) in [6.07, 6.45) is 2.51. The summed E-state index contributed by atoms with van der Waals surface area (Å²) in [5, 5.41) is 0.743. The van der Waals surface area contributed by atoms with Gasteiger partial charge < -0.3 is 8.85 Å². The molecule has 0 saturated heterocycles. The molecule has 0 amide bonds. The Morgan fingerprint density at radius 3 is 1.85 bits per heavy atom. The fourth-order valence-corrected chi connectivity index (χ4v) is 8.41. The maximum Gasteiger partial charge on any atom is 0.321 e. The van der Waals surface area contributed by atoms with Crippen LogP contribution in [0.4, 0.5) is 0 Å². The monoisotopic (exact) mass is 220 g/mol. The van der Waals surface area contributed by atoms with Gasteiger partial charge in [-0.3, -0.25) is 0 Å². The molecule has 0 fully saturated rings. The van der Waals surface area contributed by atoms with Gasteiger partial charge in [-0.2, -0.15) is 0 Å². The number of hydrogen-bond acceptors (Lipinski definition) is 2. The molecule has 4 heteroatoms. The fourth-order valence-electron chi connectivity index (χ4n) is 1.71. The van der Waals surface area contributed by atoms with E-state index in [4.69, 9.17) is 8.85 Å². The molecule has 80 valence electrons. The summed E-state index contributed by atoms with van der Waals surface area (Å²) in [5.41, 5.74) is 0. The minimum atomic E-state index is -1.39. The highest BCUT2D eigenvalue weighted by atomic mass is 28.4. The first-order chi connectivity index (χ1) is 5.97. The number of hydrogen-bond donors (Lipinski definition) is 0. The van der Waals surface area contributed by atoms with E-state index < -0.39 is 17.4 Å². The van der Waals surface area contributed by atoms with E-state index in [2.05, 4.69) is 26.6 Å². The lowest BCUT2D eigenvalue weighted by molar-refractivity contribution is 0.271. The van der Waals surface area contributed by atoms with Gasteiger partial charge in [0.15, 0.2) is 0 Å². The van der Waals surface area contributed by atoms with Gasteiger partial charge in [-0.05, 0) is 5.16 Å². The van der Waals surface area contributed by atoms with Crippen LogP contribution in [0.1, 0.15) is 19.8 Å². The Balaban J connectivity index is 4.38. The summed E-state index contributed by atoms with van der Waals surface area (Å²) in [7, 11) is 1.10. The second-order valence-corrected chi connectivity index (χ2v) is 13.2. The Morgan fingerprint density at radius 1 is 1.15 bits per heavy atom. The maximum atomic E-state index is 5.49. The first kappa shape index (κ1) is 13.4. The van der Waals surface area contributed by atoms with Crippen molar-refractivity contribution in [2.24, 2.45) is 0 Å². The van der Waals surface area contributed by atoms with Gasteiger partial charge in [0.25, 0.3) is 0 Å². The summed E-state index contributed by atoms with van der Waals surface area (Å²) in [6.45, 7) is 9.46. The second kappa shape index (κ2) is 5.95. The molecule has 0 heterocycles. The molecule has 0 saturated carbocycles. The summed E-state index contributed by atoms with van der Waals surface area (Å²) < 4.78 is 11.0. The van der Waals surface area contributed by atoms with Crippen LogP contribution >= 0.6 is 0 Å². The van der Waals surface area contributed by atoms with Gasteiger partial charge >= 0.3 is 9.28 Å². The van der Waals surface area contributed by atoms with Crippen molar-refractivity contribution in [1.82, 2.24) is 0 Å². The molecule has 0 aromatic rings. The van der Waals surface area contributed by atoms with Gasteiger partial charge in [-0.15, -0.1) is 0 Å². The van der Waals surface area contributed by atoms with Gasteiger partial charge in [-0.25, -0.2) is 0 Å². The SMILES string of the molecule is CCCC([SiH](OC)OC)[Si](C)(C)C. The van der Waals surface area contributed by atoms with Crippen molar-refractivity contribution in [2.75, 3.05) is 14.2 Å². The molecule has 0 rings (SSSR count). The van der Waals surface area contributed by atoms with Gasteiger partial charge in [-0.1, -0.05) is 39.4 Å². The third-order valence-electron chi connectivity index (χ3n) is 2.51. The van der Waals surface area contributed by atoms with Crippen molar-refractivity contribution >= 4 is 17.4 Å². The smallest absolute Gasteiger partial charge is 0.321 e. The highest BCUT2D eigenvalue weighted by Crippen LogP contribution is 2.29. The first-order valence-electron chi connectivity index (χ1n) is 5.03. The van der Waals surface area contributed by atoms with E-state index in [1.807, 2.05) is 0 Å². The van der Waals surface area contributed by atoms with Gasteiger partial charge in [0.1, 0.15) is 0 Å². The largest absolute Gasteiger partial charge is 0.400 e. The minimum absolute atomic E-state index is 0.743. The Labute approximate surface area is 85.5 Å². The molecule has 0 spiro atoms. The van der Waals surface area contributed by atoms with Crippen LogP contribution in [0.15, 0.2) is 0 Å². The molecule has 0 N–H and O–H groups in total. The molecule has 0 radical (unpaired) electrons. The second-order valence-electron chi connectivity index (χ2n) is 4.60.